The molecule has 1 aromatic carbocycles. The van der Waals surface area contributed by atoms with Gasteiger partial charge < -0.3 is 19.5 Å². The number of amides is 1. The van der Waals surface area contributed by atoms with Gasteiger partial charge in [0, 0.05) is 19.9 Å². The molecule has 0 aliphatic carbocycles. The fourth-order valence-electron chi connectivity index (χ4n) is 2.21. The lowest BCUT2D eigenvalue weighted by Crippen LogP contribution is -2.41. The van der Waals surface area contributed by atoms with Gasteiger partial charge in [0.1, 0.15) is 17.5 Å². The summed E-state index contributed by atoms with van der Waals surface area (Å²) in [4.78, 5) is 12.4. The van der Waals surface area contributed by atoms with Crippen LogP contribution in [0.4, 0.5) is 5.69 Å². The standard InChI is InChI=1S/C17H26ClNO4/c1-6-9-17(3,22-5)16(20)19-13-7-8-15(14(18)10-13)23-12(2)11-21-4/h7-8,10,12H,6,9,11H2,1-5H3,(H,19,20)/t12-,17+/m0/s1. The van der Waals surface area contributed by atoms with E-state index in [4.69, 9.17) is 25.8 Å². The molecular weight excluding hydrogens is 318 g/mol. The van der Waals surface area contributed by atoms with Crippen LogP contribution in [0.2, 0.25) is 5.02 Å². The molecule has 1 amide bonds. The van der Waals surface area contributed by atoms with Crippen molar-refractivity contribution in [3.05, 3.63) is 23.2 Å². The predicted octanol–water partition coefficient (Wildman–Crippen LogP) is 3.90. The van der Waals surface area contributed by atoms with Gasteiger partial charge in [-0.1, -0.05) is 24.9 Å². The molecule has 0 aliphatic heterocycles. The van der Waals surface area contributed by atoms with Crippen LogP contribution in [0.25, 0.3) is 0 Å². The predicted molar refractivity (Wildman–Crippen MR) is 92.4 cm³/mol. The second-order valence-corrected chi connectivity index (χ2v) is 6.08. The summed E-state index contributed by atoms with van der Waals surface area (Å²) < 4.78 is 16.1. The Morgan fingerprint density at radius 2 is 2.09 bits per heavy atom. The molecule has 0 saturated carbocycles. The Hall–Kier alpha value is -1.30. The van der Waals surface area contributed by atoms with Gasteiger partial charge in [-0.25, -0.2) is 0 Å². The molecule has 2 atom stereocenters. The van der Waals surface area contributed by atoms with E-state index >= 15 is 0 Å². The SMILES string of the molecule is CCC[C@@](C)(OC)C(=O)Nc1ccc(O[C@@H](C)COC)c(Cl)c1. The monoisotopic (exact) mass is 343 g/mol. The smallest absolute Gasteiger partial charge is 0.256 e. The summed E-state index contributed by atoms with van der Waals surface area (Å²) in [6.07, 6.45) is 1.38. The number of carbonyl (C=O) groups is 1. The first-order chi connectivity index (χ1) is 10.9. The van der Waals surface area contributed by atoms with Gasteiger partial charge in [-0.3, -0.25) is 4.79 Å². The Balaban J connectivity index is 2.79. The van der Waals surface area contributed by atoms with E-state index in [2.05, 4.69) is 5.32 Å². The Bertz CT molecular complexity index is 523. The number of rotatable bonds is 9. The molecule has 0 aliphatic rings. The molecule has 0 heterocycles. The van der Waals surface area contributed by atoms with Gasteiger partial charge in [-0.2, -0.15) is 0 Å². The zero-order valence-electron chi connectivity index (χ0n) is 14.4. The molecule has 0 fully saturated rings. The molecule has 0 unspecified atom stereocenters. The fourth-order valence-corrected chi connectivity index (χ4v) is 2.43. The number of halogens is 1. The summed E-state index contributed by atoms with van der Waals surface area (Å²) in [5, 5.41) is 3.27. The van der Waals surface area contributed by atoms with Crippen LogP contribution in [0.1, 0.15) is 33.6 Å². The van der Waals surface area contributed by atoms with Crippen molar-refractivity contribution in [2.75, 3.05) is 26.1 Å². The topological polar surface area (TPSA) is 56.8 Å². The van der Waals surface area contributed by atoms with Crippen molar-refractivity contribution in [3.8, 4) is 5.75 Å². The van der Waals surface area contributed by atoms with Crippen LogP contribution >= 0.6 is 11.6 Å². The quantitative estimate of drug-likeness (QED) is 0.738. The third-order valence-corrected chi connectivity index (χ3v) is 3.87. The van der Waals surface area contributed by atoms with Crippen molar-refractivity contribution in [2.45, 2.75) is 45.3 Å². The zero-order chi connectivity index (χ0) is 17.5. The number of anilines is 1. The Kier molecular flexibility index (Phi) is 7.82. The lowest BCUT2D eigenvalue weighted by molar-refractivity contribution is -0.136. The molecule has 5 nitrogen and oxygen atoms in total. The van der Waals surface area contributed by atoms with Crippen molar-refractivity contribution < 1.29 is 19.0 Å². The van der Waals surface area contributed by atoms with Gasteiger partial charge in [0.05, 0.1) is 11.6 Å². The van der Waals surface area contributed by atoms with Crippen LogP contribution in [-0.4, -0.2) is 38.4 Å². The molecule has 1 N–H and O–H groups in total. The van der Waals surface area contributed by atoms with E-state index in [-0.39, 0.29) is 12.0 Å². The van der Waals surface area contributed by atoms with Gasteiger partial charge in [0.15, 0.2) is 0 Å². The molecule has 6 heteroatoms. The summed E-state index contributed by atoms with van der Waals surface area (Å²) in [6.45, 7) is 6.15. The summed E-state index contributed by atoms with van der Waals surface area (Å²) in [5.74, 6) is 0.358. The Labute approximate surface area is 143 Å². The van der Waals surface area contributed by atoms with E-state index in [9.17, 15) is 4.79 Å². The first-order valence-corrected chi connectivity index (χ1v) is 8.05. The number of methoxy groups -OCH3 is 2. The molecule has 0 radical (unpaired) electrons. The van der Waals surface area contributed by atoms with Crippen LogP contribution in [0.3, 0.4) is 0 Å². The second kappa shape index (κ2) is 9.11. The van der Waals surface area contributed by atoms with Crippen molar-refractivity contribution in [2.24, 2.45) is 0 Å². The number of benzene rings is 1. The lowest BCUT2D eigenvalue weighted by atomic mass is 9.99. The molecule has 130 valence electrons. The second-order valence-electron chi connectivity index (χ2n) is 5.67. The van der Waals surface area contributed by atoms with Crippen molar-refractivity contribution in [1.29, 1.82) is 0 Å². The molecule has 0 bridgehead atoms. The summed E-state index contributed by atoms with van der Waals surface area (Å²) >= 11 is 6.22. The van der Waals surface area contributed by atoms with Crippen molar-refractivity contribution in [3.63, 3.8) is 0 Å². The van der Waals surface area contributed by atoms with Crippen LogP contribution in [0.5, 0.6) is 5.75 Å². The average molecular weight is 344 g/mol. The first-order valence-electron chi connectivity index (χ1n) is 7.68. The maximum Gasteiger partial charge on any atom is 0.256 e. The highest BCUT2D eigenvalue weighted by Crippen LogP contribution is 2.29. The number of carbonyl (C=O) groups excluding carboxylic acids is 1. The van der Waals surface area contributed by atoms with E-state index in [1.807, 2.05) is 13.8 Å². The van der Waals surface area contributed by atoms with Gasteiger partial charge in [0.25, 0.3) is 5.91 Å². The van der Waals surface area contributed by atoms with Crippen LogP contribution in [0, 0.1) is 0 Å². The molecule has 0 saturated heterocycles. The lowest BCUT2D eigenvalue weighted by Gasteiger charge is -2.26. The maximum absolute atomic E-state index is 12.4. The van der Waals surface area contributed by atoms with Crippen LogP contribution in [-0.2, 0) is 14.3 Å². The third-order valence-electron chi connectivity index (χ3n) is 3.58. The maximum atomic E-state index is 12.4. The Morgan fingerprint density at radius 1 is 1.39 bits per heavy atom. The van der Waals surface area contributed by atoms with E-state index in [1.165, 1.54) is 7.11 Å². The number of hydrogen-bond donors (Lipinski definition) is 1. The highest BCUT2D eigenvalue weighted by Gasteiger charge is 2.32. The number of hydrogen-bond acceptors (Lipinski definition) is 4. The van der Waals surface area contributed by atoms with Gasteiger partial charge >= 0.3 is 0 Å². The van der Waals surface area contributed by atoms with Crippen LogP contribution < -0.4 is 10.1 Å². The van der Waals surface area contributed by atoms with Gasteiger partial charge in [-0.05, 0) is 38.5 Å². The fraction of sp³-hybridized carbons (Fsp3) is 0.588. The zero-order valence-corrected chi connectivity index (χ0v) is 15.2. The molecule has 23 heavy (non-hydrogen) atoms. The molecule has 0 spiro atoms. The average Bonchev–Trinajstić information content (AvgIpc) is 2.50. The highest BCUT2D eigenvalue weighted by molar-refractivity contribution is 6.32. The summed E-state index contributed by atoms with van der Waals surface area (Å²) in [5.41, 5.74) is -0.255. The molecule has 1 rings (SSSR count). The van der Waals surface area contributed by atoms with E-state index in [1.54, 1.807) is 32.2 Å². The first kappa shape index (κ1) is 19.7. The van der Waals surface area contributed by atoms with E-state index in [0.717, 1.165) is 6.42 Å². The van der Waals surface area contributed by atoms with Crippen LogP contribution in [0.15, 0.2) is 18.2 Å². The minimum Gasteiger partial charge on any atom is -0.487 e. The van der Waals surface area contributed by atoms with E-state index < -0.39 is 5.60 Å². The summed E-state index contributed by atoms with van der Waals surface area (Å²) in [7, 11) is 3.15. The van der Waals surface area contributed by atoms with Gasteiger partial charge in [0.2, 0.25) is 0 Å². The normalized spacial score (nSPS) is 14.9. The minimum atomic E-state index is -0.858. The third kappa shape index (κ3) is 5.68. The van der Waals surface area contributed by atoms with Crippen molar-refractivity contribution >= 4 is 23.2 Å². The largest absolute Gasteiger partial charge is 0.487 e. The Morgan fingerprint density at radius 3 is 2.61 bits per heavy atom. The minimum absolute atomic E-state index is 0.112. The molecular formula is C17H26ClNO4. The molecule has 0 aromatic heterocycles. The number of ether oxygens (including phenoxy) is 3. The summed E-state index contributed by atoms with van der Waals surface area (Å²) in [6, 6.07) is 5.14. The number of nitrogens with one attached hydrogen (secondary N) is 1. The van der Waals surface area contributed by atoms with Crippen molar-refractivity contribution in [1.82, 2.24) is 0 Å². The highest BCUT2D eigenvalue weighted by atomic mass is 35.5. The molecule has 1 aromatic rings. The van der Waals surface area contributed by atoms with Gasteiger partial charge in [-0.15, -0.1) is 0 Å². The van der Waals surface area contributed by atoms with E-state index in [0.29, 0.717) is 29.5 Å².